The number of nitrogens with one attached hydrogen (secondary N) is 1. The van der Waals surface area contributed by atoms with Crippen LogP contribution in [0, 0.1) is 0 Å². The Labute approximate surface area is 165 Å². The van der Waals surface area contributed by atoms with Gasteiger partial charge in [-0.3, -0.25) is 4.79 Å². The maximum atomic E-state index is 13.0. The molecule has 1 saturated heterocycles. The Morgan fingerprint density at radius 2 is 2.04 bits per heavy atom. The Bertz CT molecular complexity index is 797. The predicted molar refractivity (Wildman–Crippen MR) is 107 cm³/mol. The van der Waals surface area contributed by atoms with E-state index >= 15 is 0 Å². The topological polar surface area (TPSA) is 50.8 Å². The number of ether oxygens (including phenoxy) is 2. The number of nitrogens with zero attached hydrogens (tertiary/aromatic N) is 1. The predicted octanol–water partition coefficient (Wildman–Crippen LogP) is 3.46. The van der Waals surface area contributed by atoms with Crippen LogP contribution < -0.4 is 14.8 Å². The van der Waals surface area contributed by atoms with Gasteiger partial charge in [-0.2, -0.15) is 0 Å². The number of hydrogen-bond donors (Lipinski definition) is 1. The van der Waals surface area contributed by atoms with Crippen molar-refractivity contribution < 1.29 is 14.3 Å². The fourth-order valence-electron chi connectivity index (χ4n) is 3.49. The second-order valence-corrected chi connectivity index (χ2v) is 6.91. The lowest BCUT2D eigenvalue weighted by Crippen LogP contribution is -2.48. The van der Waals surface area contributed by atoms with Crippen molar-refractivity contribution in [2.75, 3.05) is 33.9 Å². The number of carbonyl (C=O) groups excluding carboxylic acids is 1. The molecule has 1 aliphatic heterocycles. The van der Waals surface area contributed by atoms with Gasteiger partial charge in [0.05, 0.1) is 20.3 Å². The molecule has 2 aromatic carbocycles. The van der Waals surface area contributed by atoms with Crippen molar-refractivity contribution in [1.29, 1.82) is 0 Å². The van der Waals surface area contributed by atoms with E-state index in [9.17, 15) is 4.79 Å². The minimum Gasteiger partial charge on any atom is -0.497 e. The highest BCUT2D eigenvalue weighted by atomic mass is 35.5. The van der Waals surface area contributed by atoms with Crippen LogP contribution in [0.25, 0.3) is 0 Å². The Balaban J connectivity index is 1.74. The van der Waals surface area contributed by atoms with Crippen molar-refractivity contribution in [2.45, 2.75) is 18.9 Å². The molecule has 1 fully saturated rings. The van der Waals surface area contributed by atoms with Gasteiger partial charge in [0.15, 0.2) is 0 Å². The standard InChI is InChI=1S/C21H25ClN2O3/c1-26-16-8-9-20(27-2)15(13-16)7-10-21(25)24-12-11-23-14-19(24)17-5-3-4-6-18(17)22/h3-6,8-9,13,19,23H,7,10-12,14H2,1-2H3. The van der Waals surface area contributed by atoms with Crippen LogP contribution in [0.3, 0.4) is 0 Å². The summed E-state index contributed by atoms with van der Waals surface area (Å²) < 4.78 is 10.7. The Hall–Kier alpha value is -2.24. The molecule has 27 heavy (non-hydrogen) atoms. The SMILES string of the molecule is COc1ccc(OC)c(CCC(=O)N2CCNCC2c2ccccc2Cl)c1. The third kappa shape index (κ3) is 4.54. The molecule has 2 aromatic rings. The van der Waals surface area contributed by atoms with E-state index in [0.717, 1.165) is 29.2 Å². The van der Waals surface area contributed by atoms with Gasteiger partial charge in [0.1, 0.15) is 11.5 Å². The Kier molecular flexibility index (Phi) is 6.58. The maximum Gasteiger partial charge on any atom is 0.223 e. The largest absolute Gasteiger partial charge is 0.497 e. The molecular weight excluding hydrogens is 364 g/mol. The van der Waals surface area contributed by atoms with Gasteiger partial charge in [-0.05, 0) is 41.8 Å². The van der Waals surface area contributed by atoms with Crippen LogP contribution >= 0.6 is 11.6 Å². The monoisotopic (exact) mass is 388 g/mol. The van der Waals surface area contributed by atoms with E-state index in [1.165, 1.54) is 0 Å². The maximum absolute atomic E-state index is 13.0. The first-order valence-electron chi connectivity index (χ1n) is 9.09. The van der Waals surface area contributed by atoms with Crippen LogP contribution in [0.1, 0.15) is 23.6 Å². The van der Waals surface area contributed by atoms with Crippen molar-refractivity contribution in [3.05, 3.63) is 58.6 Å². The van der Waals surface area contributed by atoms with Gasteiger partial charge >= 0.3 is 0 Å². The summed E-state index contributed by atoms with van der Waals surface area (Å²) in [6.07, 6.45) is 1.00. The number of aryl methyl sites for hydroxylation is 1. The van der Waals surface area contributed by atoms with Gasteiger partial charge in [0.2, 0.25) is 5.91 Å². The molecule has 0 radical (unpaired) electrons. The molecule has 1 atom stereocenters. The molecule has 6 heteroatoms. The number of benzene rings is 2. The number of methoxy groups -OCH3 is 2. The first kappa shape index (κ1) is 19.5. The second kappa shape index (κ2) is 9.11. The van der Waals surface area contributed by atoms with Crippen LogP contribution in [0.2, 0.25) is 5.02 Å². The zero-order chi connectivity index (χ0) is 19.2. The van der Waals surface area contributed by atoms with Crippen molar-refractivity contribution >= 4 is 17.5 Å². The molecule has 0 spiro atoms. The van der Waals surface area contributed by atoms with Crippen LogP contribution in [0.5, 0.6) is 11.5 Å². The van der Waals surface area contributed by atoms with Crippen molar-refractivity contribution in [3.8, 4) is 11.5 Å². The fraction of sp³-hybridized carbons (Fsp3) is 0.381. The van der Waals surface area contributed by atoms with E-state index in [1.807, 2.05) is 47.4 Å². The van der Waals surface area contributed by atoms with Crippen LogP contribution in [-0.2, 0) is 11.2 Å². The summed E-state index contributed by atoms with van der Waals surface area (Å²) >= 11 is 6.38. The molecule has 1 aliphatic rings. The molecule has 0 aromatic heterocycles. The summed E-state index contributed by atoms with van der Waals surface area (Å²) in [5.74, 6) is 1.65. The van der Waals surface area contributed by atoms with E-state index in [-0.39, 0.29) is 11.9 Å². The highest BCUT2D eigenvalue weighted by Crippen LogP contribution is 2.30. The molecule has 1 heterocycles. The van der Waals surface area contributed by atoms with Gasteiger partial charge in [-0.1, -0.05) is 29.8 Å². The lowest BCUT2D eigenvalue weighted by molar-refractivity contribution is -0.134. The van der Waals surface area contributed by atoms with Crippen molar-refractivity contribution in [2.24, 2.45) is 0 Å². The minimum absolute atomic E-state index is 0.0489. The minimum atomic E-state index is -0.0489. The summed E-state index contributed by atoms with van der Waals surface area (Å²) in [6.45, 7) is 2.16. The smallest absolute Gasteiger partial charge is 0.223 e. The van der Waals surface area contributed by atoms with Crippen LogP contribution in [0.4, 0.5) is 0 Å². The molecule has 0 aliphatic carbocycles. The first-order chi connectivity index (χ1) is 13.1. The van der Waals surface area contributed by atoms with Crippen LogP contribution in [-0.4, -0.2) is 44.7 Å². The zero-order valence-electron chi connectivity index (χ0n) is 15.7. The molecule has 0 saturated carbocycles. The normalized spacial score (nSPS) is 16.9. The molecule has 0 bridgehead atoms. The highest BCUT2D eigenvalue weighted by molar-refractivity contribution is 6.31. The number of carbonyl (C=O) groups is 1. The summed E-state index contributed by atoms with van der Waals surface area (Å²) in [7, 11) is 3.27. The van der Waals surface area contributed by atoms with Crippen molar-refractivity contribution in [1.82, 2.24) is 10.2 Å². The van der Waals surface area contributed by atoms with E-state index in [4.69, 9.17) is 21.1 Å². The summed E-state index contributed by atoms with van der Waals surface area (Å²) in [5.41, 5.74) is 1.95. The number of halogens is 1. The second-order valence-electron chi connectivity index (χ2n) is 6.51. The molecule has 1 unspecified atom stereocenters. The van der Waals surface area contributed by atoms with Crippen LogP contribution in [0.15, 0.2) is 42.5 Å². The lowest BCUT2D eigenvalue weighted by Gasteiger charge is -2.37. The summed E-state index contributed by atoms with van der Waals surface area (Å²) in [4.78, 5) is 14.9. The van der Waals surface area contributed by atoms with E-state index in [0.29, 0.717) is 31.0 Å². The molecule has 1 amide bonds. The van der Waals surface area contributed by atoms with Gasteiger partial charge in [-0.25, -0.2) is 0 Å². The van der Waals surface area contributed by atoms with Gasteiger partial charge < -0.3 is 19.7 Å². The number of hydrogen-bond acceptors (Lipinski definition) is 4. The third-order valence-corrected chi connectivity index (χ3v) is 5.27. The average Bonchev–Trinajstić information content (AvgIpc) is 2.72. The quantitative estimate of drug-likeness (QED) is 0.823. The Morgan fingerprint density at radius 3 is 2.78 bits per heavy atom. The van der Waals surface area contributed by atoms with E-state index in [2.05, 4.69) is 5.32 Å². The molecule has 5 nitrogen and oxygen atoms in total. The zero-order valence-corrected chi connectivity index (χ0v) is 16.5. The van der Waals surface area contributed by atoms with E-state index < -0.39 is 0 Å². The highest BCUT2D eigenvalue weighted by Gasteiger charge is 2.28. The summed E-state index contributed by atoms with van der Waals surface area (Å²) in [5, 5.41) is 4.06. The third-order valence-electron chi connectivity index (χ3n) is 4.92. The number of amides is 1. The van der Waals surface area contributed by atoms with Gasteiger partial charge in [0, 0.05) is 31.1 Å². The summed E-state index contributed by atoms with van der Waals surface area (Å²) in [6, 6.07) is 13.3. The number of rotatable bonds is 6. The van der Waals surface area contributed by atoms with E-state index in [1.54, 1.807) is 14.2 Å². The van der Waals surface area contributed by atoms with Crippen molar-refractivity contribution in [3.63, 3.8) is 0 Å². The number of piperazine rings is 1. The molecule has 1 N–H and O–H groups in total. The fourth-order valence-corrected chi connectivity index (χ4v) is 3.75. The molecule has 144 valence electrons. The molecular formula is C21H25ClN2O3. The average molecular weight is 389 g/mol. The lowest BCUT2D eigenvalue weighted by atomic mass is 10.0. The Morgan fingerprint density at radius 1 is 1.22 bits per heavy atom. The van der Waals surface area contributed by atoms with Gasteiger partial charge in [0.25, 0.3) is 0 Å². The first-order valence-corrected chi connectivity index (χ1v) is 9.47. The molecule has 3 rings (SSSR count). The van der Waals surface area contributed by atoms with Gasteiger partial charge in [-0.15, -0.1) is 0 Å².